The van der Waals surface area contributed by atoms with E-state index in [1.165, 1.54) is 50.9 Å². The predicted molar refractivity (Wildman–Crippen MR) is 71.1 cm³/mol. The van der Waals surface area contributed by atoms with Crippen molar-refractivity contribution in [1.29, 1.82) is 0 Å². The average molecular weight is 230 g/mol. The third-order valence-corrected chi connectivity index (χ3v) is 4.07. The van der Waals surface area contributed by atoms with Gasteiger partial charge in [-0.05, 0) is 37.8 Å². The maximum atomic E-state index is 3.69. The van der Waals surface area contributed by atoms with Crippen LogP contribution < -0.4 is 5.32 Å². The van der Waals surface area contributed by atoms with E-state index >= 15 is 0 Å². The molecule has 0 aliphatic carbocycles. The van der Waals surface area contributed by atoms with E-state index in [1.807, 2.05) is 0 Å². The molecule has 2 saturated heterocycles. The van der Waals surface area contributed by atoms with E-state index in [9.17, 15) is 0 Å². The molecule has 0 aromatic heterocycles. The Morgan fingerprint density at radius 3 is 2.47 bits per heavy atom. The molecule has 2 heteroatoms. The van der Waals surface area contributed by atoms with Gasteiger partial charge >= 0.3 is 0 Å². The highest BCUT2D eigenvalue weighted by atomic mass is 15.2. The molecule has 2 nitrogen and oxygen atoms in total. The molecule has 3 rings (SSSR count). The summed E-state index contributed by atoms with van der Waals surface area (Å²) in [5, 5.41) is 3.69. The molecule has 0 saturated carbocycles. The van der Waals surface area contributed by atoms with Crippen LogP contribution in [0.2, 0.25) is 0 Å². The Bertz CT molecular complexity index is 337. The van der Waals surface area contributed by atoms with Gasteiger partial charge in [-0.2, -0.15) is 0 Å². The monoisotopic (exact) mass is 230 g/mol. The first kappa shape index (κ1) is 11.2. The van der Waals surface area contributed by atoms with Crippen molar-refractivity contribution in [3.05, 3.63) is 35.9 Å². The van der Waals surface area contributed by atoms with Crippen LogP contribution in [0.3, 0.4) is 0 Å². The van der Waals surface area contributed by atoms with Crippen molar-refractivity contribution in [2.75, 3.05) is 19.6 Å². The van der Waals surface area contributed by atoms with Crippen LogP contribution in [0.15, 0.2) is 30.3 Å². The van der Waals surface area contributed by atoms with Crippen LogP contribution in [0, 0.1) is 0 Å². The Hall–Kier alpha value is -0.860. The van der Waals surface area contributed by atoms with E-state index in [1.54, 1.807) is 0 Å². The van der Waals surface area contributed by atoms with Gasteiger partial charge in [0.05, 0.1) is 0 Å². The molecule has 2 unspecified atom stereocenters. The molecule has 92 valence electrons. The van der Waals surface area contributed by atoms with Crippen LogP contribution >= 0.6 is 0 Å². The Morgan fingerprint density at radius 2 is 1.76 bits per heavy atom. The number of hydrogen-bond donors (Lipinski definition) is 1. The lowest BCUT2D eigenvalue weighted by molar-refractivity contribution is 0.194. The third kappa shape index (κ3) is 2.88. The molecule has 2 bridgehead atoms. The second kappa shape index (κ2) is 5.19. The molecular formula is C15H22N2. The number of hydrogen-bond acceptors (Lipinski definition) is 2. The summed E-state index contributed by atoms with van der Waals surface area (Å²) in [5.41, 5.74) is 1.48. The second-order valence-corrected chi connectivity index (χ2v) is 5.49. The quantitative estimate of drug-likeness (QED) is 0.851. The van der Waals surface area contributed by atoms with Crippen molar-refractivity contribution in [2.45, 2.75) is 37.8 Å². The van der Waals surface area contributed by atoms with E-state index in [-0.39, 0.29) is 0 Å². The first-order valence-electron chi connectivity index (χ1n) is 6.92. The van der Waals surface area contributed by atoms with Crippen LogP contribution in [-0.4, -0.2) is 36.6 Å². The standard InChI is InChI=1S/C15H22N2/c1-2-5-13(6-3-1)7-4-10-17-11-14-8-9-15(12-17)16-14/h1-3,5-6,14-16H,4,7-12H2. The molecule has 1 N–H and O–H groups in total. The summed E-state index contributed by atoms with van der Waals surface area (Å²) < 4.78 is 0. The van der Waals surface area contributed by atoms with Crippen LogP contribution in [-0.2, 0) is 6.42 Å². The topological polar surface area (TPSA) is 15.3 Å². The Morgan fingerprint density at radius 1 is 1.06 bits per heavy atom. The highest BCUT2D eigenvalue weighted by Crippen LogP contribution is 2.20. The third-order valence-electron chi connectivity index (χ3n) is 4.07. The largest absolute Gasteiger partial charge is 0.309 e. The fraction of sp³-hybridized carbons (Fsp3) is 0.600. The maximum Gasteiger partial charge on any atom is 0.0198 e. The number of nitrogens with zero attached hydrogens (tertiary/aromatic N) is 1. The van der Waals surface area contributed by atoms with Crippen LogP contribution in [0.5, 0.6) is 0 Å². The number of piperazine rings is 1. The van der Waals surface area contributed by atoms with Gasteiger partial charge in [-0.3, -0.25) is 0 Å². The summed E-state index contributed by atoms with van der Waals surface area (Å²) in [6.45, 7) is 3.81. The Balaban J connectivity index is 1.43. The molecule has 0 spiro atoms. The molecule has 0 amide bonds. The summed E-state index contributed by atoms with van der Waals surface area (Å²) in [7, 11) is 0. The maximum absolute atomic E-state index is 3.69. The lowest BCUT2D eigenvalue weighted by atomic mass is 10.1. The molecule has 1 aromatic rings. The summed E-state index contributed by atoms with van der Waals surface area (Å²) in [6, 6.07) is 12.4. The van der Waals surface area contributed by atoms with Gasteiger partial charge in [-0.25, -0.2) is 0 Å². The summed E-state index contributed by atoms with van der Waals surface area (Å²) in [4.78, 5) is 2.65. The number of aryl methyl sites for hydroxylation is 1. The number of fused-ring (bicyclic) bond motifs is 2. The predicted octanol–water partition coefficient (Wildman–Crippen LogP) is 2.06. The van der Waals surface area contributed by atoms with Crippen molar-refractivity contribution in [3.63, 3.8) is 0 Å². The summed E-state index contributed by atoms with van der Waals surface area (Å²) >= 11 is 0. The minimum absolute atomic E-state index is 0.783. The van der Waals surface area contributed by atoms with Gasteiger partial charge < -0.3 is 10.2 Å². The number of likely N-dealkylation sites (tertiary alicyclic amines) is 1. The zero-order valence-corrected chi connectivity index (χ0v) is 10.4. The normalized spacial score (nSPS) is 28.5. The summed E-state index contributed by atoms with van der Waals surface area (Å²) in [5.74, 6) is 0. The van der Waals surface area contributed by atoms with E-state index in [0.717, 1.165) is 12.1 Å². The van der Waals surface area contributed by atoms with Gasteiger partial charge in [0.1, 0.15) is 0 Å². The minimum Gasteiger partial charge on any atom is -0.309 e. The fourth-order valence-corrected chi connectivity index (χ4v) is 3.22. The van der Waals surface area contributed by atoms with E-state index in [2.05, 4.69) is 40.5 Å². The van der Waals surface area contributed by atoms with Gasteiger partial charge in [0, 0.05) is 25.2 Å². The molecular weight excluding hydrogens is 208 g/mol. The van der Waals surface area contributed by atoms with E-state index in [4.69, 9.17) is 0 Å². The molecule has 2 atom stereocenters. The fourth-order valence-electron chi connectivity index (χ4n) is 3.22. The second-order valence-electron chi connectivity index (χ2n) is 5.49. The highest BCUT2D eigenvalue weighted by Gasteiger charge is 2.31. The number of nitrogens with one attached hydrogen (secondary N) is 1. The van der Waals surface area contributed by atoms with Gasteiger partial charge in [0.25, 0.3) is 0 Å². The average Bonchev–Trinajstić information content (AvgIpc) is 2.70. The molecule has 17 heavy (non-hydrogen) atoms. The van der Waals surface area contributed by atoms with Crippen LogP contribution in [0.4, 0.5) is 0 Å². The van der Waals surface area contributed by atoms with Gasteiger partial charge in [0.15, 0.2) is 0 Å². The zero-order valence-electron chi connectivity index (χ0n) is 10.4. The molecule has 2 heterocycles. The van der Waals surface area contributed by atoms with E-state index < -0.39 is 0 Å². The molecule has 0 radical (unpaired) electrons. The van der Waals surface area contributed by atoms with Crippen LogP contribution in [0.25, 0.3) is 0 Å². The number of benzene rings is 1. The smallest absolute Gasteiger partial charge is 0.0198 e. The van der Waals surface area contributed by atoms with Gasteiger partial charge in [0.2, 0.25) is 0 Å². The first-order valence-corrected chi connectivity index (χ1v) is 6.92. The van der Waals surface area contributed by atoms with Crippen molar-refractivity contribution >= 4 is 0 Å². The SMILES string of the molecule is c1ccc(CCCN2CC3CCC(C2)N3)cc1. The van der Waals surface area contributed by atoms with Crippen molar-refractivity contribution in [3.8, 4) is 0 Å². The molecule has 2 aliphatic rings. The van der Waals surface area contributed by atoms with Gasteiger partial charge in [-0.15, -0.1) is 0 Å². The molecule has 2 fully saturated rings. The molecule has 2 aliphatic heterocycles. The lowest BCUT2D eigenvalue weighted by Crippen LogP contribution is -2.51. The molecule has 1 aromatic carbocycles. The Labute approximate surface area is 104 Å². The van der Waals surface area contributed by atoms with Crippen molar-refractivity contribution in [1.82, 2.24) is 10.2 Å². The van der Waals surface area contributed by atoms with E-state index in [0.29, 0.717) is 0 Å². The lowest BCUT2D eigenvalue weighted by Gasteiger charge is -2.32. The first-order chi connectivity index (χ1) is 8.40. The highest BCUT2D eigenvalue weighted by molar-refractivity contribution is 5.14. The Kier molecular flexibility index (Phi) is 3.44. The number of rotatable bonds is 4. The van der Waals surface area contributed by atoms with Crippen LogP contribution in [0.1, 0.15) is 24.8 Å². The zero-order chi connectivity index (χ0) is 11.5. The summed E-state index contributed by atoms with van der Waals surface area (Å²) in [6.07, 6.45) is 5.29. The van der Waals surface area contributed by atoms with Gasteiger partial charge in [-0.1, -0.05) is 30.3 Å². The van der Waals surface area contributed by atoms with Crippen molar-refractivity contribution in [2.24, 2.45) is 0 Å². The minimum atomic E-state index is 0.783. The van der Waals surface area contributed by atoms with Crippen molar-refractivity contribution < 1.29 is 0 Å².